The quantitative estimate of drug-likeness (QED) is 0.799. The summed E-state index contributed by atoms with van der Waals surface area (Å²) in [5.74, 6) is 0. The summed E-state index contributed by atoms with van der Waals surface area (Å²) in [5, 5.41) is 2.44. The Bertz CT molecular complexity index is 522. The molecule has 0 amide bonds. The van der Waals surface area contributed by atoms with E-state index in [1.54, 1.807) is 19.2 Å². The van der Waals surface area contributed by atoms with E-state index in [4.69, 9.17) is 12.2 Å². The molecule has 1 atom stereocenters. The monoisotopic (exact) mass is 286 g/mol. The number of rotatable bonds is 1. The third-order valence-electron chi connectivity index (χ3n) is 3.13. The molecule has 0 radical (unpaired) electrons. The fraction of sp³-hybridized carbons (Fsp3) is 0.308. The van der Waals surface area contributed by atoms with Crippen molar-refractivity contribution in [1.82, 2.24) is 10.2 Å². The van der Waals surface area contributed by atoms with Gasteiger partial charge in [0, 0.05) is 13.2 Å². The zero-order valence-corrected chi connectivity index (χ0v) is 11.3. The highest BCUT2D eigenvalue weighted by Gasteiger charge is 2.56. The summed E-state index contributed by atoms with van der Waals surface area (Å²) in [4.78, 5) is 1.44. The van der Waals surface area contributed by atoms with Gasteiger partial charge in [0.1, 0.15) is 0 Å². The molecule has 6 heteroatoms. The number of aryl methyl sites for hydroxylation is 1. The molecule has 1 unspecified atom stereocenters. The molecule has 0 aliphatic carbocycles. The average molecular weight is 286 g/mol. The molecule has 0 bridgehead atoms. The van der Waals surface area contributed by atoms with E-state index in [2.05, 4.69) is 5.32 Å². The molecule has 1 aliphatic heterocycles. The normalized spacial score (nSPS) is 23.4. The van der Waals surface area contributed by atoms with Crippen molar-refractivity contribution in [2.45, 2.75) is 18.6 Å². The van der Waals surface area contributed by atoms with E-state index in [0.717, 1.165) is 11.6 Å². The topological polar surface area (TPSA) is 15.3 Å². The van der Waals surface area contributed by atoms with Crippen LogP contribution in [-0.4, -0.2) is 23.2 Å². The number of halogens is 3. The minimum absolute atomic E-state index is 0.0420. The number of thiocarbonyl (C=S) groups is 1. The van der Waals surface area contributed by atoms with E-state index in [0.29, 0.717) is 0 Å². The smallest absolute Gasteiger partial charge is 0.341 e. The van der Waals surface area contributed by atoms with E-state index >= 15 is 0 Å². The summed E-state index contributed by atoms with van der Waals surface area (Å²) in [6.45, 7) is 1.83. The van der Waals surface area contributed by atoms with E-state index in [1.807, 2.05) is 6.92 Å². The molecule has 1 heterocycles. The van der Waals surface area contributed by atoms with Crippen molar-refractivity contribution in [1.29, 1.82) is 0 Å². The van der Waals surface area contributed by atoms with Crippen molar-refractivity contribution in [2.24, 2.45) is 0 Å². The van der Waals surface area contributed by atoms with Gasteiger partial charge in [0.15, 0.2) is 10.7 Å². The fourth-order valence-corrected chi connectivity index (χ4v) is 2.13. The summed E-state index contributed by atoms with van der Waals surface area (Å²) < 4.78 is 40.5. The van der Waals surface area contributed by atoms with Gasteiger partial charge in [0.25, 0.3) is 0 Å². The standard InChI is InChI=1S/C13H13F3N2S/c1-9-3-5-10(6-4-9)12(13(14,15)16)7-8-18(2)11(19)17-12/h3-8H,1-2H3,(H,17,19). The Morgan fingerprint density at radius 1 is 1.21 bits per heavy atom. The van der Waals surface area contributed by atoms with E-state index < -0.39 is 11.7 Å². The first-order valence-corrected chi connectivity index (χ1v) is 6.05. The maximum Gasteiger partial charge on any atom is 0.419 e. The Balaban J connectivity index is 2.57. The van der Waals surface area contributed by atoms with Gasteiger partial charge in [0.05, 0.1) is 0 Å². The van der Waals surface area contributed by atoms with Crippen LogP contribution in [0.3, 0.4) is 0 Å². The van der Waals surface area contributed by atoms with Gasteiger partial charge in [-0.3, -0.25) is 0 Å². The van der Waals surface area contributed by atoms with Gasteiger partial charge in [-0.25, -0.2) is 0 Å². The largest absolute Gasteiger partial charge is 0.419 e. The molecule has 0 aromatic heterocycles. The molecule has 1 aromatic carbocycles. The molecule has 1 N–H and O–H groups in total. The van der Waals surface area contributed by atoms with Crippen LogP contribution in [0.15, 0.2) is 36.5 Å². The van der Waals surface area contributed by atoms with Crippen LogP contribution in [0.2, 0.25) is 0 Å². The predicted octanol–water partition coefficient (Wildman–Crippen LogP) is 3.09. The lowest BCUT2D eigenvalue weighted by Gasteiger charge is -2.40. The highest BCUT2D eigenvalue weighted by molar-refractivity contribution is 7.80. The van der Waals surface area contributed by atoms with Crippen LogP contribution >= 0.6 is 12.2 Å². The summed E-state index contributed by atoms with van der Waals surface area (Å²) in [6.07, 6.45) is -2.05. The minimum Gasteiger partial charge on any atom is -0.341 e. The van der Waals surface area contributed by atoms with Gasteiger partial charge in [-0.1, -0.05) is 29.8 Å². The first-order chi connectivity index (χ1) is 8.76. The lowest BCUT2D eigenvalue weighted by atomic mass is 9.87. The lowest BCUT2D eigenvalue weighted by Crippen LogP contribution is -2.59. The highest BCUT2D eigenvalue weighted by Crippen LogP contribution is 2.41. The Hall–Kier alpha value is -1.56. The second-order valence-corrected chi connectivity index (χ2v) is 4.92. The molecular weight excluding hydrogens is 273 g/mol. The lowest BCUT2D eigenvalue weighted by molar-refractivity contribution is -0.181. The van der Waals surface area contributed by atoms with Gasteiger partial charge in [0.2, 0.25) is 0 Å². The SMILES string of the molecule is Cc1ccc(C2(C(F)(F)F)C=CN(C)C(=S)N2)cc1. The third kappa shape index (κ3) is 2.32. The fourth-order valence-electron chi connectivity index (χ4n) is 1.90. The summed E-state index contributed by atoms with van der Waals surface area (Å²) in [5.41, 5.74) is -1.23. The molecule has 1 aliphatic rings. The summed E-state index contributed by atoms with van der Waals surface area (Å²) in [6, 6.07) is 6.24. The number of hydrogen-bond acceptors (Lipinski definition) is 1. The molecule has 2 rings (SSSR count). The summed E-state index contributed by atoms with van der Waals surface area (Å²) >= 11 is 4.94. The Kier molecular flexibility index (Phi) is 3.30. The number of nitrogens with zero attached hydrogens (tertiary/aromatic N) is 1. The molecule has 0 fully saturated rings. The van der Waals surface area contributed by atoms with Crippen LogP contribution in [-0.2, 0) is 5.54 Å². The van der Waals surface area contributed by atoms with Crippen LogP contribution in [0, 0.1) is 6.92 Å². The molecular formula is C13H13F3N2S. The Labute approximate surface area is 114 Å². The van der Waals surface area contributed by atoms with E-state index in [1.165, 1.54) is 23.2 Å². The van der Waals surface area contributed by atoms with Gasteiger partial charge in [-0.05, 0) is 30.8 Å². The Morgan fingerprint density at radius 3 is 2.26 bits per heavy atom. The van der Waals surface area contributed by atoms with Crippen molar-refractivity contribution in [3.05, 3.63) is 47.7 Å². The first-order valence-electron chi connectivity index (χ1n) is 5.64. The van der Waals surface area contributed by atoms with Crippen LogP contribution in [0.4, 0.5) is 13.2 Å². The molecule has 0 saturated carbocycles. The van der Waals surface area contributed by atoms with Crippen LogP contribution in [0.25, 0.3) is 0 Å². The third-order valence-corrected chi connectivity index (χ3v) is 3.52. The number of benzene rings is 1. The second-order valence-electron chi connectivity index (χ2n) is 4.53. The molecule has 2 nitrogen and oxygen atoms in total. The van der Waals surface area contributed by atoms with Crippen LogP contribution in [0.5, 0.6) is 0 Å². The molecule has 1 aromatic rings. The van der Waals surface area contributed by atoms with E-state index in [9.17, 15) is 13.2 Å². The second kappa shape index (κ2) is 4.52. The van der Waals surface area contributed by atoms with Crippen molar-refractivity contribution in [3.8, 4) is 0 Å². The van der Waals surface area contributed by atoms with Crippen LogP contribution in [0.1, 0.15) is 11.1 Å². The van der Waals surface area contributed by atoms with Crippen molar-refractivity contribution < 1.29 is 13.2 Å². The van der Waals surface area contributed by atoms with Gasteiger partial charge < -0.3 is 10.2 Å². The molecule has 102 valence electrons. The van der Waals surface area contributed by atoms with Crippen molar-refractivity contribution >= 4 is 17.3 Å². The Morgan fingerprint density at radius 2 is 1.79 bits per heavy atom. The van der Waals surface area contributed by atoms with Crippen molar-refractivity contribution in [3.63, 3.8) is 0 Å². The molecule has 0 saturated heterocycles. The van der Waals surface area contributed by atoms with Gasteiger partial charge in [-0.15, -0.1) is 0 Å². The maximum atomic E-state index is 13.5. The molecule has 19 heavy (non-hydrogen) atoms. The van der Waals surface area contributed by atoms with Gasteiger partial charge in [-0.2, -0.15) is 13.2 Å². The highest BCUT2D eigenvalue weighted by atomic mass is 32.1. The minimum atomic E-state index is -4.48. The zero-order valence-electron chi connectivity index (χ0n) is 10.5. The maximum absolute atomic E-state index is 13.5. The van der Waals surface area contributed by atoms with E-state index in [-0.39, 0.29) is 10.7 Å². The summed E-state index contributed by atoms with van der Waals surface area (Å²) in [7, 11) is 1.60. The van der Waals surface area contributed by atoms with Gasteiger partial charge >= 0.3 is 6.18 Å². The number of hydrogen-bond donors (Lipinski definition) is 1. The van der Waals surface area contributed by atoms with Crippen LogP contribution < -0.4 is 5.32 Å². The number of alkyl halides is 3. The number of nitrogens with one attached hydrogen (secondary N) is 1. The van der Waals surface area contributed by atoms with Crippen molar-refractivity contribution in [2.75, 3.05) is 7.05 Å². The average Bonchev–Trinajstić information content (AvgIpc) is 2.32. The predicted molar refractivity (Wildman–Crippen MR) is 71.5 cm³/mol. The first kappa shape index (κ1) is 13.9. The molecule has 0 spiro atoms. The zero-order chi connectivity index (χ0) is 14.3.